The van der Waals surface area contributed by atoms with Gasteiger partial charge in [0.25, 0.3) is 0 Å². The molecule has 1 N–H and O–H groups in total. The number of fused-ring (bicyclic) bond motifs is 2. The number of esters is 1. The maximum atomic E-state index is 14.8. The van der Waals surface area contributed by atoms with E-state index in [1.54, 1.807) is 17.9 Å². The summed E-state index contributed by atoms with van der Waals surface area (Å²) in [5, 5.41) is 10.9. The molecule has 0 amide bonds. The molecule has 5 rings (SSSR count). The summed E-state index contributed by atoms with van der Waals surface area (Å²) in [6.07, 6.45) is 0. The molecule has 3 heterocycles. The Morgan fingerprint density at radius 2 is 2.03 bits per heavy atom. The zero-order chi connectivity index (χ0) is 23.4. The SMILES string of the molecule is COC(=O)C1CN1c1nc(OC)nc2c(C)c(-c3cc(O)cc4cccc(F)c34)oc(=O)c12. The molecule has 0 bridgehead atoms. The molecule has 0 radical (unpaired) electrons. The first-order chi connectivity index (χ1) is 15.8. The van der Waals surface area contributed by atoms with Crippen LogP contribution in [0, 0.1) is 12.7 Å². The molecule has 4 aromatic rings. The number of aromatic nitrogens is 2. The number of carbonyl (C=O) groups is 1. The van der Waals surface area contributed by atoms with E-state index in [2.05, 4.69) is 9.97 Å². The van der Waals surface area contributed by atoms with Crippen molar-refractivity contribution in [3.63, 3.8) is 0 Å². The van der Waals surface area contributed by atoms with Crippen molar-refractivity contribution >= 4 is 33.5 Å². The van der Waals surface area contributed by atoms with Gasteiger partial charge in [0.05, 0.1) is 26.3 Å². The molecule has 0 saturated carbocycles. The van der Waals surface area contributed by atoms with Crippen LogP contribution in [0.4, 0.5) is 10.2 Å². The first-order valence-electron chi connectivity index (χ1n) is 9.99. The van der Waals surface area contributed by atoms with Gasteiger partial charge in [0.2, 0.25) is 0 Å². The van der Waals surface area contributed by atoms with Gasteiger partial charge in [-0.3, -0.25) is 0 Å². The molecular formula is C23H18FN3O6. The first kappa shape index (κ1) is 20.7. The lowest BCUT2D eigenvalue weighted by Crippen LogP contribution is -2.17. The molecule has 9 nitrogen and oxygen atoms in total. The van der Waals surface area contributed by atoms with Gasteiger partial charge in [-0.05, 0) is 30.5 Å². The molecular weight excluding hydrogens is 433 g/mol. The van der Waals surface area contributed by atoms with Gasteiger partial charge < -0.3 is 23.9 Å². The molecule has 1 atom stereocenters. The third-order valence-electron chi connectivity index (χ3n) is 5.66. The Labute approximate surface area is 186 Å². The van der Waals surface area contributed by atoms with Crippen molar-refractivity contribution < 1.29 is 28.2 Å². The Kier molecular flexibility index (Phi) is 4.66. The molecule has 2 aromatic heterocycles. The van der Waals surface area contributed by atoms with Crippen molar-refractivity contribution in [3.05, 3.63) is 52.1 Å². The van der Waals surface area contributed by atoms with Crippen LogP contribution in [0.25, 0.3) is 33.0 Å². The van der Waals surface area contributed by atoms with E-state index >= 15 is 0 Å². The number of halogens is 1. The number of benzene rings is 2. The summed E-state index contributed by atoms with van der Waals surface area (Å²) in [4.78, 5) is 35.2. The molecule has 168 valence electrons. The highest BCUT2D eigenvalue weighted by molar-refractivity contribution is 6.01. The van der Waals surface area contributed by atoms with Crippen LogP contribution in [0.15, 0.2) is 39.5 Å². The Hall–Kier alpha value is -4.21. The summed E-state index contributed by atoms with van der Waals surface area (Å²) >= 11 is 0. The normalized spacial score (nSPS) is 15.2. The van der Waals surface area contributed by atoms with Gasteiger partial charge >= 0.3 is 17.6 Å². The first-order valence-corrected chi connectivity index (χ1v) is 9.99. The van der Waals surface area contributed by atoms with Gasteiger partial charge in [0.15, 0.2) is 5.82 Å². The zero-order valence-electron chi connectivity index (χ0n) is 17.9. The minimum absolute atomic E-state index is 0.0142. The van der Waals surface area contributed by atoms with Crippen molar-refractivity contribution in [1.29, 1.82) is 0 Å². The third kappa shape index (κ3) is 3.22. The van der Waals surface area contributed by atoms with E-state index in [0.717, 1.165) is 0 Å². The molecule has 33 heavy (non-hydrogen) atoms. The van der Waals surface area contributed by atoms with E-state index in [1.807, 2.05) is 0 Å². The second-order valence-electron chi connectivity index (χ2n) is 7.62. The van der Waals surface area contributed by atoms with Crippen LogP contribution in [0.1, 0.15) is 5.56 Å². The number of aryl methyl sites for hydroxylation is 1. The van der Waals surface area contributed by atoms with Crippen LogP contribution in [-0.2, 0) is 9.53 Å². The number of phenolic OH excluding ortho intramolecular Hbond substituents is 1. The average molecular weight is 451 g/mol. The van der Waals surface area contributed by atoms with E-state index in [4.69, 9.17) is 13.9 Å². The van der Waals surface area contributed by atoms with Crippen LogP contribution in [0.2, 0.25) is 0 Å². The molecule has 1 aliphatic heterocycles. The largest absolute Gasteiger partial charge is 0.508 e. The number of ether oxygens (including phenoxy) is 2. The molecule has 1 saturated heterocycles. The number of anilines is 1. The highest BCUT2D eigenvalue weighted by Gasteiger charge is 2.44. The van der Waals surface area contributed by atoms with Crippen LogP contribution in [0.3, 0.4) is 0 Å². The Morgan fingerprint density at radius 1 is 1.24 bits per heavy atom. The fourth-order valence-corrected chi connectivity index (χ4v) is 4.03. The van der Waals surface area contributed by atoms with Crippen molar-refractivity contribution in [2.45, 2.75) is 13.0 Å². The second-order valence-corrected chi connectivity index (χ2v) is 7.62. The Balaban J connectivity index is 1.80. The van der Waals surface area contributed by atoms with E-state index in [9.17, 15) is 19.1 Å². The highest BCUT2D eigenvalue weighted by atomic mass is 19.1. The monoisotopic (exact) mass is 451 g/mol. The molecule has 1 fully saturated rings. The fourth-order valence-electron chi connectivity index (χ4n) is 4.03. The number of hydrogen-bond donors (Lipinski definition) is 1. The van der Waals surface area contributed by atoms with Crippen LogP contribution >= 0.6 is 0 Å². The van der Waals surface area contributed by atoms with Gasteiger partial charge in [0.1, 0.15) is 28.8 Å². The predicted molar refractivity (Wildman–Crippen MR) is 117 cm³/mol. The molecule has 0 aliphatic carbocycles. The smallest absolute Gasteiger partial charge is 0.349 e. The summed E-state index contributed by atoms with van der Waals surface area (Å²) in [5.74, 6) is -0.866. The van der Waals surface area contributed by atoms with Crippen LogP contribution in [-0.4, -0.2) is 47.8 Å². The van der Waals surface area contributed by atoms with Gasteiger partial charge in [-0.25, -0.2) is 14.0 Å². The van der Waals surface area contributed by atoms with Crippen molar-refractivity contribution in [2.75, 3.05) is 25.7 Å². The maximum absolute atomic E-state index is 14.8. The van der Waals surface area contributed by atoms with Crippen molar-refractivity contribution in [2.24, 2.45) is 0 Å². The van der Waals surface area contributed by atoms with Gasteiger partial charge in [-0.2, -0.15) is 9.97 Å². The molecule has 1 aliphatic rings. The summed E-state index contributed by atoms with van der Waals surface area (Å²) < 4.78 is 30.4. The maximum Gasteiger partial charge on any atom is 0.349 e. The number of aromatic hydroxyl groups is 1. The van der Waals surface area contributed by atoms with E-state index < -0.39 is 23.5 Å². The second kappa shape index (κ2) is 7.44. The van der Waals surface area contributed by atoms with Gasteiger partial charge in [-0.1, -0.05) is 12.1 Å². The Bertz CT molecular complexity index is 1520. The van der Waals surface area contributed by atoms with Crippen LogP contribution in [0.5, 0.6) is 11.8 Å². The van der Waals surface area contributed by atoms with Crippen LogP contribution < -0.4 is 15.3 Å². The minimum atomic E-state index is -0.772. The Morgan fingerprint density at radius 3 is 2.76 bits per heavy atom. The van der Waals surface area contributed by atoms with E-state index in [0.29, 0.717) is 17.5 Å². The summed E-state index contributed by atoms with van der Waals surface area (Å²) in [5.41, 5.74) is 0.0779. The molecule has 2 aromatic carbocycles. The van der Waals surface area contributed by atoms with Crippen molar-refractivity contribution in [1.82, 2.24) is 9.97 Å². The van der Waals surface area contributed by atoms with Gasteiger partial charge in [0, 0.05) is 16.5 Å². The molecule has 1 unspecified atom stereocenters. The lowest BCUT2D eigenvalue weighted by molar-refractivity contribution is -0.139. The van der Waals surface area contributed by atoms with E-state index in [1.165, 1.54) is 38.5 Å². The molecule has 0 spiro atoms. The number of carbonyl (C=O) groups excluding carboxylic acids is 1. The lowest BCUT2D eigenvalue weighted by atomic mass is 9.98. The average Bonchev–Trinajstić information content (AvgIpc) is 3.60. The zero-order valence-corrected chi connectivity index (χ0v) is 17.9. The predicted octanol–water partition coefficient (Wildman–Crippen LogP) is 2.93. The highest BCUT2D eigenvalue weighted by Crippen LogP contribution is 2.39. The number of nitrogens with zero attached hydrogens (tertiary/aromatic N) is 3. The quantitative estimate of drug-likeness (QED) is 0.369. The van der Waals surface area contributed by atoms with E-state index in [-0.39, 0.29) is 45.2 Å². The topological polar surface area (TPSA) is 115 Å². The number of hydrogen-bond acceptors (Lipinski definition) is 9. The number of rotatable bonds is 4. The summed E-state index contributed by atoms with van der Waals surface area (Å²) in [7, 11) is 2.66. The van der Waals surface area contributed by atoms with Gasteiger partial charge in [-0.15, -0.1) is 0 Å². The lowest BCUT2D eigenvalue weighted by Gasteiger charge is -2.14. The standard InChI is InChI=1S/C23H18FN3O6/c1-10-18-17(20(26-23(25-18)32-3)27-9-15(27)21(29)31-2)22(30)33-19(10)13-8-12(28)7-11-5-4-6-14(24)16(11)13/h4-8,15,28H,9H2,1-3H3. The molecule has 10 heteroatoms. The number of phenols is 1. The fraction of sp³-hybridized carbons (Fsp3) is 0.217. The summed E-state index contributed by atoms with van der Waals surface area (Å²) in [6, 6.07) is 6.62. The van der Waals surface area contributed by atoms with Crippen molar-refractivity contribution in [3.8, 4) is 23.1 Å². The number of methoxy groups -OCH3 is 2. The summed E-state index contributed by atoms with van der Waals surface area (Å²) in [6.45, 7) is 1.97. The minimum Gasteiger partial charge on any atom is -0.508 e. The third-order valence-corrected chi connectivity index (χ3v) is 5.66.